The SMILES string of the molecule is Cc1oc(CNC(=O)CCC2CCCC2)nc1C(=O)N1CCC(C)CC1. The summed E-state index contributed by atoms with van der Waals surface area (Å²) in [5.41, 5.74) is 0.384. The molecule has 6 nitrogen and oxygen atoms in total. The topological polar surface area (TPSA) is 75.4 Å². The van der Waals surface area contributed by atoms with Crippen LogP contribution in [0.1, 0.15) is 80.4 Å². The first-order valence-electron chi connectivity index (χ1n) is 10.0. The van der Waals surface area contributed by atoms with E-state index in [9.17, 15) is 9.59 Å². The summed E-state index contributed by atoms with van der Waals surface area (Å²) in [6.07, 6.45) is 8.71. The van der Waals surface area contributed by atoms with Gasteiger partial charge < -0.3 is 14.6 Å². The Bertz CT molecular complexity index is 626. The number of rotatable bonds is 6. The highest BCUT2D eigenvalue weighted by Crippen LogP contribution is 2.28. The van der Waals surface area contributed by atoms with E-state index in [0.717, 1.165) is 32.4 Å². The second-order valence-electron chi connectivity index (χ2n) is 7.95. The molecular weight excluding hydrogens is 330 g/mol. The van der Waals surface area contributed by atoms with E-state index in [1.165, 1.54) is 25.7 Å². The van der Waals surface area contributed by atoms with Gasteiger partial charge in [-0.1, -0.05) is 32.6 Å². The number of hydrogen-bond donors (Lipinski definition) is 1. The van der Waals surface area contributed by atoms with Crippen molar-refractivity contribution in [1.29, 1.82) is 0 Å². The van der Waals surface area contributed by atoms with Crippen LogP contribution >= 0.6 is 0 Å². The molecule has 6 heteroatoms. The number of piperidine rings is 1. The molecule has 0 radical (unpaired) electrons. The molecule has 1 saturated heterocycles. The van der Waals surface area contributed by atoms with Crippen molar-refractivity contribution in [2.24, 2.45) is 11.8 Å². The van der Waals surface area contributed by atoms with Crippen molar-refractivity contribution in [3.05, 3.63) is 17.3 Å². The maximum Gasteiger partial charge on any atom is 0.276 e. The quantitative estimate of drug-likeness (QED) is 0.842. The molecule has 144 valence electrons. The number of aryl methyl sites for hydroxylation is 1. The zero-order chi connectivity index (χ0) is 18.5. The van der Waals surface area contributed by atoms with E-state index in [4.69, 9.17) is 4.42 Å². The summed E-state index contributed by atoms with van der Waals surface area (Å²) in [6.45, 7) is 5.78. The number of aromatic nitrogens is 1. The zero-order valence-corrected chi connectivity index (χ0v) is 16.1. The lowest BCUT2D eigenvalue weighted by Crippen LogP contribution is -2.38. The summed E-state index contributed by atoms with van der Waals surface area (Å²) in [5.74, 6) is 2.30. The molecule has 26 heavy (non-hydrogen) atoms. The van der Waals surface area contributed by atoms with Gasteiger partial charge in [0.15, 0.2) is 5.69 Å². The van der Waals surface area contributed by atoms with E-state index < -0.39 is 0 Å². The Morgan fingerprint density at radius 2 is 1.88 bits per heavy atom. The van der Waals surface area contributed by atoms with Gasteiger partial charge in [-0.15, -0.1) is 0 Å². The van der Waals surface area contributed by atoms with E-state index in [2.05, 4.69) is 17.2 Å². The van der Waals surface area contributed by atoms with E-state index >= 15 is 0 Å². The molecule has 1 saturated carbocycles. The minimum atomic E-state index is -0.0584. The first kappa shape index (κ1) is 18.9. The van der Waals surface area contributed by atoms with Crippen molar-refractivity contribution in [2.45, 2.75) is 71.8 Å². The Morgan fingerprint density at radius 1 is 1.19 bits per heavy atom. The summed E-state index contributed by atoms with van der Waals surface area (Å²) < 4.78 is 5.60. The van der Waals surface area contributed by atoms with Gasteiger partial charge in [-0.05, 0) is 38.0 Å². The summed E-state index contributed by atoms with van der Waals surface area (Å²) in [7, 11) is 0. The van der Waals surface area contributed by atoms with E-state index in [0.29, 0.717) is 35.6 Å². The summed E-state index contributed by atoms with van der Waals surface area (Å²) in [6, 6.07) is 0. The van der Waals surface area contributed by atoms with Crippen LogP contribution in [-0.4, -0.2) is 34.8 Å². The molecule has 3 rings (SSSR count). The molecule has 0 spiro atoms. The van der Waals surface area contributed by atoms with Crippen LogP contribution in [0.5, 0.6) is 0 Å². The molecular formula is C20H31N3O3. The molecule has 2 aliphatic rings. The third-order valence-corrected chi connectivity index (χ3v) is 5.81. The van der Waals surface area contributed by atoms with Gasteiger partial charge in [0.1, 0.15) is 5.76 Å². The van der Waals surface area contributed by atoms with Crippen molar-refractivity contribution >= 4 is 11.8 Å². The van der Waals surface area contributed by atoms with Crippen LogP contribution in [0.3, 0.4) is 0 Å². The first-order valence-corrected chi connectivity index (χ1v) is 10.0. The molecule has 1 aromatic heterocycles. The molecule has 1 aliphatic heterocycles. The molecule has 1 aliphatic carbocycles. The van der Waals surface area contributed by atoms with Gasteiger partial charge in [-0.25, -0.2) is 4.98 Å². The molecule has 2 amide bonds. The second-order valence-corrected chi connectivity index (χ2v) is 7.95. The third kappa shape index (κ3) is 4.86. The lowest BCUT2D eigenvalue weighted by atomic mass is 9.99. The van der Waals surface area contributed by atoms with Crippen molar-refractivity contribution < 1.29 is 14.0 Å². The number of oxazole rings is 1. The maximum absolute atomic E-state index is 12.6. The van der Waals surface area contributed by atoms with Gasteiger partial charge in [0, 0.05) is 19.5 Å². The number of nitrogens with zero attached hydrogens (tertiary/aromatic N) is 2. The molecule has 0 atom stereocenters. The number of nitrogens with one attached hydrogen (secondary N) is 1. The molecule has 0 bridgehead atoms. The molecule has 2 heterocycles. The van der Waals surface area contributed by atoms with Crippen LogP contribution in [0.4, 0.5) is 0 Å². The van der Waals surface area contributed by atoms with Gasteiger partial charge >= 0.3 is 0 Å². The Morgan fingerprint density at radius 3 is 2.58 bits per heavy atom. The molecule has 0 unspecified atom stereocenters. The van der Waals surface area contributed by atoms with Gasteiger partial charge in [0.25, 0.3) is 5.91 Å². The van der Waals surface area contributed by atoms with Crippen molar-refractivity contribution in [1.82, 2.24) is 15.2 Å². The number of carbonyl (C=O) groups excluding carboxylic acids is 2. The van der Waals surface area contributed by atoms with Gasteiger partial charge in [0.2, 0.25) is 11.8 Å². The zero-order valence-electron chi connectivity index (χ0n) is 16.1. The van der Waals surface area contributed by atoms with E-state index in [1.807, 2.05) is 4.90 Å². The standard InChI is InChI=1S/C20H31N3O3/c1-14-9-11-23(12-10-14)20(25)19-15(2)26-18(22-19)13-21-17(24)8-7-16-5-3-4-6-16/h14,16H,3-13H2,1-2H3,(H,21,24). The van der Waals surface area contributed by atoms with E-state index in [-0.39, 0.29) is 18.4 Å². The predicted octanol–water partition coefficient (Wildman–Crippen LogP) is 3.44. The molecule has 1 N–H and O–H groups in total. The largest absolute Gasteiger partial charge is 0.443 e. The van der Waals surface area contributed by atoms with Crippen molar-refractivity contribution in [3.8, 4) is 0 Å². The van der Waals surface area contributed by atoms with Gasteiger partial charge in [-0.2, -0.15) is 0 Å². The van der Waals surface area contributed by atoms with E-state index in [1.54, 1.807) is 6.92 Å². The van der Waals surface area contributed by atoms with Crippen LogP contribution in [0, 0.1) is 18.8 Å². The highest BCUT2D eigenvalue weighted by Gasteiger charge is 2.26. The van der Waals surface area contributed by atoms with Crippen molar-refractivity contribution in [3.63, 3.8) is 0 Å². The summed E-state index contributed by atoms with van der Waals surface area (Å²) >= 11 is 0. The predicted molar refractivity (Wildman–Crippen MR) is 98.6 cm³/mol. The number of likely N-dealkylation sites (tertiary alicyclic amines) is 1. The number of hydrogen-bond acceptors (Lipinski definition) is 4. The Labute approximate surface area is 155 Å². The third-order valence-electron chi connectivity index (χ3n) is 5.81. The monoisotopic (exact) mass is 361 g/mol. The van der Waals surface area contributed by atoms with Crippen molar-refractivity contribution in [2.75, 3.05) is 13.1 Å². The highest BCUT2D eigenvalue weighted by atomic mass is 16.4. The maximum atomic E-state index is 12.6. The fraction of sp³-hybridized carbons (Fsp3) is 0.750. The van der Waals surface area contributed by atoms with Crippen LogP contribution in [-0.2, 0) is 11.3 Å². The second kappa shape index (κ2) is 8.69. The van der Waals surface area contributed by atoms with Gasteiger partial charge in [-0.3, -0.25) is 9.59 Å². The molecule has 2 fully saturated rings. The smallest absolute Gasteiger partial charge is 0.276 e. The Hall–Kier alpha value is -1.85. The summed E-state index contributed by atoms with van der Waals surface area (Å²) in [5, 5.41) is 2.87. The summed E-state index contributed by atoms with van der Waals surface area (Å²) in [4.78, 5) is 30.9. The molecule has 0 aromatic carbocycles. The average molecular weight is 361 g/mol. The van der Waals surface area contributed by atoms with Crippen LogP contribution in [0.15, 0.2) is 4.42 Å². The van der Waals surface area contributed by atoms with Crippen LogP contribution < -0.4 is 5.32 Å². The van der Waals surface area contributed by atoms with Crippen LogP contribution in [0.2, 0.25) is 0 Å². The first-order chi connectivity index (χ1) is 12.5. The molecule has 1 aromatic rings. The Balaban J connectivity index is 1.48. The van der Waals surface area contributed by atoms with Crippen LogP contribution in [0.25, 0.3) is 0 Å². The van der Waals surface area contributed by atoms with Gasteiger partial charge in [0.05, 0.1) is 6.54 Å². The normalized spacial score (nSPS) is 19.1. The fourth-order valence-electron chi connectivity index (χ4n) is 3.98. The Kier molecular flexibility index (Phi) is 6.33. The number of carbonyl (C=O) groups is 2. The minimum Gasteiger partial charge on any atom is -0.443 e. The average Bonchev–Trinajstić information content (AvgIpc) is 3.28. The lowest BCUT2D eigenvalue weighted by molar-refractivity contribution is -0.121. The minimum absolute atomic E-state index is 0.0330. The fourth-order valence-corrected chi connectivity index (χ4v) is 3.98. The number of amides is 2. The lowest BCUT2D eigenvalue weighted by Gasteiger charge is -2.29. The highest BCUT2D eigenvalue weighted by molar-refractivity contribution is 5.93.